The molecule has 0 heterocycles. The van der Waals surface area contributed by atoms with E-state index >= 15 is 0 Å². The van der Waals surface area contributed by atoms with Crippen LogP contribution in [0.5, 0.6) is 0 Å². The first-order chi connectivity index (χ1) is 9.09. The maximum absolute atomic E-state index is 12.4. The fraction of sp³-hybridized carbons (Fsp3) is 0.200. The van der Waals surface area contributed by atoms with Crippen LogP contribution >= 0.6 is 0 Å². The van der Waals surface area contributed by atoms with Crippen molar-refractivity contribution < 1.29 is 8.42 Å². The summed E-state index contributed by atoms with van der Waals surface area (Å²) < 4.78 is 24.6. The number of hydrogen-bond acceptors (Lipinski definition) is 2. The van der Waals surface area contributed by atoms with Gasteiger partial charge >= 0.3 is 0 Å². The predicted molar refractivity (Wildman–Crippen MR) is 80.0 cm³/mol. The molecule has 0 saturated heterocycles. The van der Waals surface area contributed by atoms with E-state index in [2.05, 4.69) is 0 Å². The van der Waals surface area contributed by atoms with Crippen LogP contribution < -0.4 is 0 Å². The van der Waals surface area contributed by atoms with Crippen molar-refractivity contribution in [2.24, 2.45) is 0 Å². The first-order valence-corrected chi connectivity index (χ1v) is 8.61. The molecule has 4 heteroatoms. The molecule has 2 atom stereocenters. The molecule has 0 bridgehead atoms. The maximum Gasteiger partial charge on any atom is 0.108 e. The van der Waals surface area contributed by atoms with Crippen molar-refractivity contribution in [2.45, 2.75) is 23.6 Å². The second-order valence-electron chi connectivity index (χ2n) is 4.34. The van der Waals surface area contributed by atoms with Gasteiger partial charge in [0.2, 0.25) is 0 Å². The summed E-state index contributed by atoms with van der Waals surface area (Å²) in [7, 11) is -2.47. The highest BCUT2D eigenvalue weighted by molar-refractivity contribution is 8.02. The first-order valence-electron chi connectivity index (χ1n) is 5.97. The maximum atomic E-state index is 12.4. The summed E-state index contributed by atoms with van der Waals surface area (Å²) >= 11 is 0. The minimum Gasteiger partial charge on any atom is -0.253 e. The third kappa shape index (κ3) is 3.39. The molecule has 2 aromatic carbocycles. The van der Waals surface area contributed by atoms with Gasteiger partial charge in [0.1, 0.15) is 5.08 Å². The molecule has 0 aromatic heterocycles. The molecule has 0 fully saturated rings. The summed E-state index contributed by atoms with van der Waals surface area (Å²) in [5, 5.41) is 0.149. The molecule has 2 nitrogen and oxygen atoms in total. The van der Waals surface area contributed by atoms with E-state index < -0.39 is 21.6 Å². The Morgan fingerprint density at radius 3 is 1.95 bits per heavy atom. The summed E-state index contributed by atoms with van der Waals surface area (Å²) in [4.78, 5) is 1.54. The lowest BCUT2D eigenvalue weighted by molar-refractivity contribution is 0.679. The standard InChI is InChI=1S/C15H16O2S2/c1-12-7-6-8-13(2)15(12)19(17)11-18(16)14-9-4-3-5-10-14/h3-10H,11H2,1-2H3. The molecular weight excluding hydrogens is 276 g/mol. The van der Waals surface area contributed by atoms with E-state index in [1.807, 2.05) is 50.2 Å². The molecule has 2 unspecified atom stereocenters. The van der Waals surface area contributed by atoms with Crippen LogP contribution in [0.4, 0.5) is 0 Å². The summed E-state index contributed by atoms with van der Waals surface area (Å²) in [6, 6.07) is 15.0. The van der Waals surface area contributed by atoms with Crippen LogP contribution in [-0.2, 0) is 21.6 Å². The molecule has 0 amide bonds. The van der Waals surface area contributed by atoms with Crippen LogP contribution in [0.3, 0.4) is 0 Å². The van der Waals surface area contributed by atoms with Gasteiger partial charge in [0.05, 0.1) is 21.6 Å². The van der Waals surface area contributed by atoms with Crippen molar-refractivity contribution >= 4 is 21.6 Å². The predicted octanol–water partition coefficient (Wildman–Crippen LogP) is 3.18. The summed E-state index contributed by atoms with van der Waals surface area (Å²) in [6.07, 6.45) is 0. The lowest BCUT2D eigenvalue weighted by Crippen LogP contribution is -2.08. The quantitative estimate of drug-likeness (QED) is 0.867. The Morgan fingerprint density at radius 1 is 0.789 bits per heavy atom. The van der Waals surface area contributed by atoms with E-state index in [-0.39, 0.29) is 5.08 Å². The lowest BCUT2D eigenvalue weighted by atomic mass is 10.2. The first kappa shape index (κ1) is 14.2. The van der Waals surface area contributed by atoms with E-state index in [1.54, 1.807) is 12.1 Å². The highest BCUT2D eigenvalue weighted by atomic mass is 32.2. The zero-order valence-corrected chi connectivity index (χ0v) is 12.6. The molecule has 0 N–H and O–H groups in total. The molecule has 2 rings (SSSR count). The van der Waals surface area contributed by atoms with Crippen LogP contribution in [0.15, 0.2) is 58.3 Å². The average molecular weight is 292 g/mol. The second-order valence-corrected chi connectivity index (χ2v) is 7.55. The Balaban J connectivity index is 2.21. The minimum atomic E-state index is -1.24. The van der Waals surface area contributed by atoms with Crippen LogP contribution in [-0.4, -0.2) is 13.5 Å². The third-order valence-corrected chi connectivity index (χ3v) is 6.47. The van der Waals surface area contributed by atoms with Crippen molar-refractivity contribution in [1.29, 1.82) is 0 Å². The van der Waals surface area contributed by atoms with Gasteiger partial charge in [-0.2, -0.15) is 0 Å². The SMILES string of the molecule is Cc1cccc(C)c1S(=O)CS(=O)c1ccccc1. The Morgan fingerprint density at radius 2 is 1.37 bits per heavy atom. The van der Waals surface area contributed by atoms with Crippen molar-refractivity contribution in [3.05, 3.63) is 59.7 Å². The van der Waals surface area contributed by atoms with Crippen molar-refractivity contribution in [3.63, 3.8) is 0 Å². The third-order valence-electron chi connectivity index (χ3n) is 2.86. The van der Waals surface area contributed by atoms with Gasteiger partial charge in [-0.15, -0.1) is 0 Å². The van der Waals surface area contributed by atoms with Crippen molar-refractivity contribution in [2.75, 3.05) is 5.08 Å². The lowest BCUT2D eigenvalue weighted by Gasteiger charge is -2.09. The van der Waals surface area contributed by atoms with Gasteiger partial charge in [0, 0.05) is 9.79 Å². The number of aryl methyl sites for hydroxylation is 2. The monoisotopic (exact) mass is 292 g/mol. The molecule has 0 aliphatic rings. The highest BCUT2D eigenvalue weighted by Gasteiger charge is 2.14. The minimum absolute atomic E-state index is 0.149. The van der Waals surface area contributed by atoms with Gasteiger partial charge in [-0.05, 0) is 37.1 Å². The Labute approximate surface area is 118 Å². The Bertz CT molecular complexity index is 601. The topological polar surface area (TPSA) is 34.1 Å². The second kappa shape index (κ2) is 6.26. The molecule has 0 radical (unpaired) electrons. The van der Waals surface area contributed by atoms with Crippen LogP contribution in [0.1, 0.15) is 11.1 Å². The normalized spacial score (nSPS) is 14.0. The summed E-state index contributed by atoms with van der Waals surface area (Å²) in [5.74, 6) is 0. The molecule has 0 saturated carbocycles. The molecule has 19 heavy (non-hydrogen) atoms. The van der Waals surface area contributed by atoms with Crippen LogP contribution in [0, 0.1) is 13.8 Å². The summed E-state index contributed by atoms with van der Waals surface area (Å²) in [6.45, 7) is 3.87. The van der Waals surface area contributed by atoms with Gasteiger partial charge in [-0.1, -0.05) is 36.4 Å². The van der Waals surface area contributed by atoms with Gasteiger partial charge in [0.25, 0.3) is 0 Å². The zero-order valence-electron chi connectivity index (χ0n) is 11.0. The number of benzene rings is 2. The largest absolute Gasteiger partial charge is 0.253 e. The van der Waals surface area contributed by atoms with E-state index in [0.29, 0.717) is 0 Å². The fourth-order valence-electron chi connectivity index (χ4n) is 1.95. The van der Waals surface area contributed by atoms with E-state index in [1.165, 1.54) is 0 Å². The number of hydrogen-bond donors (Lipinski definition) is 0. The van der Waals surface area contributed by atoms with Crippen molar-refractivity contribution in [3.8, 4) is 0 Å². The van der Waals surface area contributed by atoms with E-state index in [4.69, 9.17) is 0 Å². The summed E-state index contributed by atoms with van der Waals surface area (Å²) in [5.41, 5.74) is 1.98. The van der Waals surface area contributed by atoms with Crippen LogP contribution in [0.2, 0.25) is 0 Å². The van der Waals surface area contributed by atoms with E-state index in [0.717, 1.165) is 20.9 Å². The molecule has 0 aliphatic carbocycles. The van der Waals surface area contributed by atoms with Gasteiger partial charge < -0.3 is 0 Å². The van der Waals surface area contributed by atoms with Crippen LogP contribution in [0.25, 0.3) is 0 Å². The smallest absolute Gasteiger partial charge is 0.108 e. The molecule has 100 valence electrons. The average Bonchev–Trinajstić information content (AvgIpc) is 2.39. The van der Waals surface area contributed by atoms with Gasteiger partial charge in [0.15, 0.2) is 0 Å². The fourth-order valence-corrected chi connectivity index (χ4v) is 5.06. The molecule has 2 aromatic rings. The van der Waals surface area contributed by atoms with Gasteiger partial charge in [-0.3, -0.25) is 8.42 Å². The van der Waals surface area contributed by atoms with E-state index in [9.17, 15) is 8.42 Å². The highest BCUT2D eigenvalue weighted by Crippen LogP contribution is 2.19. The number of rotatable bonds is 4. The van der Waals surface area contributed by atoms with Crippen molar-refractivity contribution in [1.82, 2.24) is 0 Å². The molecule has 0 spiro atoms. The zero-order chi connectivity index (χ0) is 13.8. The molecule has 0 aliphatic heterocycles. The Kier molecular flexibility index (Phi) is 4.66. The Hall–Kier alpha value is -1.26. The molecular formula is C15H16O2S2. The van der Waals surface area contributed by atoms with Gasteiger partial charge in [-0.25, -0.2) is 0 Å².